The molecule has 3 N–H and O–H groups in total. The second-order valence-electron chi connectivity index (χ2n) is 10.2. The Bertz CT molecular complexity index is 1040. The molecule has 0 saturated carbocycles. The van der Waals surface area contributed by atoms with Crippen LogP contribution in [0.2, 0.25) is 0 Å². The van der Waals surface area contributed by atoms with Gasteiger partial charge in [0.25, 0.3) is 11.8 Å². The summed E-state index contributed by atoms with van der Waals surface area (Å²) in [7, 11) is 0. The van der Waals surface area contributed by atoms with Crippen molar-refractivity contribution in [2.75, 3.05) is 0 Å². The van der Waals surface area contributed by atoms with Gasteiger partial charge in [0.15, 0.2) is 0 Å². The third-order valence-electron chi connectivity index (χ3n) is 5.24. The topological polar surface area (TPSA) is 117 Å². The van der Waals surface area contributed by atoms with Crippen LogP contribution in [0, 0.1) is 12.8 Å². The van der Waals surface area contributed by atoms with E-state index in [4.69, 9.17) is 0 Å². The molecule has 0 aliphatic carbocycles. The first-order valence-corrected chi connectivity index (χ1v) is 11.8. The van der Waals surface area contributed by atoms with Gasteiger partial charge in [0.05, 0.1) is 5.56 Å². The second kappa shape index (κ2) is 12.2. The highest BCUT2D eigenvalue weighted by atomic mass is 16.2. The lowest BCUT2D eigenvalue weighted by atomic mass is 9.98. The number of nitrogens with zero attached hydrogens (tertiary/aromatic N) is 1. The number of pyridine rings is 1. The molecule has 1 heterocycles. The predicted octanol–water partition coefficient (Wildman–Crippen LogP) is 2.75. The van der Waals surface area contributed by atoms with Crippen molar-refractivity contribution >= 4 is 23.5 Å². The van der Waals surface area contributed by atoms with Crippen molar-refractivity contribution in [3.63, 3.8) is 0 Å². The fraction of sp³-hybridized carbons (Fsp3) is 0.444. The molecular weight excluding hydrogens is 444 g/mol. The van der Waals surface area contributed by atoms with Gasteiger partial charge >= 0.3 is 0 Å². The molecule has 0 radical (unpaired) electrons. The van der Waals surface area contributed by atoms with Crippen LogP contribution in [-0.4, -0.2) is 46.1 Å². The number of amides is 3. The lowest BCUT2D eigenvalue weighted by Gasteiger charge is -2.25. The van der Waals surface area contributed by atoms with Gasteiger partial charge in [0.1, 0.15) is 12.1 Å². The lowest BCUT2D eigenvalue weighted by Crippen LogP contribution is -2.56. The Morgan fingerprint density at radius 3 is 2.17 bits per heavy atom. The number of aromatic nitrogens is 1. The van der Waals surface area contributed by atoms with Crippen LogP contribution in [0.25, 0.3) is 0 Å². The largest absolute Gasteiger partial charge is 0.345 e. The first-order valence-electron chi connectivity index (χ1n) is 11.8. The highest BCUT2D eigenvalue weighted by molar-refractivity contribution is 6.38. The number of ketones is 1. The third kappa shape index (κ3) is 8.96. The summed E-state index contributed by atoms with van der Waals surface area (Å²) in [4.78, 5) is 55.9. The van der Waals surface area contributed by atoms with Gasteiger partial charge < -0.3 is 16.0 Å². The molecule has 2 aromatic rings. The molecule has 0 spiro atoms. The van der Waals surface area contributed by atoms with Crippen LogP contribution in [0.4, 0.5) is 0 Å². The SMILES string of the molecule is Cc1ccncc1C(=O)N[C@@H](CC(C)C)C(=O)NC(Cc1ccccc1)C(=O)C(=O)NC(C)(C)C. The Hall–Kier alpha value is -3.55. The van der Waals surface area contributed by atoms with Crippen LogP contribution in [0.3, 0.4) is 0 Å². The van der Waals surface area contributed by atoms with Crippen molar-refractivity contribution in [2.24, 2.45) is 5.92 Å². The number of hydrogen-bond acceptors (Lipinski definition) is 5. The normalized spacial score (nSPS) is 13.0. The number of benzene rings is 1. The van der Waals surface area contributed by atoms with Gasteiger partial charge in [0, 0.05) is 24.4 Å². The average molecular weight is 481 g/mol. The molecule has 8 heteroatoms. The van der Waals surface area contributed by atoms with E-state index in [1.807, 2.05) is 44.2 Å². The fourth-order valence-electron chi connectivity index (χ4n) is 3.53. The quantitative estimate of drug-likeness (QED) is 0.452. The zero-order valence-corrected chi connectivity index (χ0v) is 21.3. The molecule has 0 aliphatic rings. The van der Waals surface area contributed by atoms with E-state index in [-0.39, 0.29) is 12.3 Å². The number of hydrogen-bond donors (Lipinski definition) is 3. The molecule has 0 aliphatic heterocycles. The Morgan fingerprint density at radius 2 is 1.60 bits per heavy atom. The Kier molecular flexibility index (Phi) is 9.68. The van der Waals surface area contributed by atoms with Crippen molar-refractivity contribution in [3.05, 3.63) is 65.5 Å². The highest BCUT2D eigenvalue weighted by Crippen LogP contribution is 2.11. The molecular formula is C27H36N4O4. The molecule has 0 fully saturated rings. The summed E-state index contributed by atoms with van der Waals surface area (Å²) in [6.07, 6.45) is 3.55. The fourth-order valence-corrected chi connectivity index (χ4v) is 3.53. The Balaban J connectivity index is 2.26. The van der Waals surface area contributed by atoms with Crippen LogP contribution in [-0.2, 0) is 20.8 Å². The summed E-state index contributed by atoms with van der Waals surface area (Å²) >= 11 is 0. The molecule has 2 atom stereocenters. The van der Waals surface area contributed by atoms with Crippen molar-refractivity contribution in [2.45, 2.75) is 72.0 Å². The molecule has 2 rings (SSSR count). The Labute approximate surface area is 207 Å². The van der Waals surface area contributed by atoms with Gasteiger partial charge in [-0.25, -0.2) is 0 Å². The van der Waals surface area contributed by atoms with Gasteiger partial charge in [-0.3, -0.25) is 24.2 Å². The molecule has 1 unspecified atom stereocenters. The standard InChI is InChI=1S/C27H36N4O4/c1-17(2)14-22(30-24(33)20-16-28-13-12-18(20)3)25(34)29-21(15-19-10-8-7-9-11-19)23(32)26(35)31-27(4,5)6/h7-13,16-17,21-22H,14-15H2,1-6H3,(H,29,34)(H,30,33)(H,31,35)/t21?,22-/m0/s1. The molecule has 3 amide bonds. The zero-order valence-electron chi connectivity index (χ0n) is 21.3. The van der Waals surface area contributed by atoms with E-state index >= 15 is 0 Å². The molecule has 8 nitrogen and oxygen atoms in total. The van der Waals surface area contributed by atoms with E-state index in [9.17, 15) is 19.2 Å². The first kappa shape index (κ1) is 27.7. The van der Waals surface area contributed by atoms with Gasteiger partial charge in [-0.2, -0.15) is 0 Å². The summed E-state index contributed by atoms with van der Waals surface area (Å²) in [5.74, 6) is -2.36. The van der Waals surface area contributed by atoms with Crippen LogP contribution >= 0.6 is 0 Å². The summed E-state index contributed by atoms with van der Waals surface area (Å²) in [5, 5.41) is 8.17. The number of nitrogens with one attached hydrogen (secondary N) is 3. The second-order valence-corrected chi connectivity index (χ2v) is 10.2. The minimum absolute atomic E-state index is 0.0912. The minimum Gasteiger partial charge on any atom is -0.345 e. The van der Waals surface area contributed by atoms with E-state index in [1.54, 1.807) is 40.0 Å². The smallest absolute Gasteiger partial charge is 0.290 e. The van der Waals surface area contributed by atoms with E-state index < -0.39 is 41.1 Å². The zero-order chi connectivity index (χ0) is 26.2. The molecule has 0 bridgehead atoms. The number of aryl methyl sites for hydroxylation is 1. The molecule has 1 aromatic carbocycles. The van der Waals surface area contributed by atoms with Crippen molar-refractivity contribution in [1.29, 1.82) is 0 Å². The van der Waals surface area contributed by atoms with Gasteiger partial charge in [0.2, 0.25) is 11.7 Å². The Morgan fingerprint density at radius 1 is 0.943 bits per heavy atom. The van der Waals surface area contributed by atoms with Crippen LogP contribution in [0.15, 0.2) is 48.8 Å². The maximum Gasteiger partial charge on any atom is 0.290 e. The summed E-state index contributed by atoms with van der Waals surface area (Å²) in [6.45, 7) is 11.0. The maximum atomic E-state index is 13.3. The van der Waals surface area contributed by atoms with Crippen molar-refractivity contribution in [3.8, 4) is 0 Å². The van der Waals surface area contributed by atoms with Crippen molar-refractivity contribution < 1.29 is 19.2 Å². The van der Waals surface area contributed by atoms with E-state index in [0.717, 1.165) is 11.1 Å². The van der Waals surface area contributed by atoms with E-state index in [2.05, 4.69) is 20.9 Å². The summed E-state index contributed by atoms with van der Waals surface area (Å²) in [6, 6.07) is 8.89. The minimum atomic E-state index is -1.08. The van der Waals surface area contributed by atoms with Crippen LogP contribution in [0.1, 0.15) is 62.5 Å². The number of carbonyl (C=O) groups excluding carboxylic acids is 4. The monoisotopic (exact) mass is 480 g/mol. The molecule has 1 aromatic heterocycles. The number of Topliss-reactive ketones (excluding diaryl/α,β-unsaturated/α-hetero) is 1. The van der Waals surface area contributed by atoms with Gasteiger partial charge in [-0.1, -0.05) is 44.2 Å². The predicted molar refractivity (Wildman–Crippen MR) is 135 cm³/mol. The highest BCUT2D eigenvalue weighted by Gasteiger charge is 2.32. The number of rotatable bonds is 10. The summed E-state index contributed by atoms with van der Waals surface area (Å²) < 4.78 is 0. The van der Waals surface area contributed by atoms with E-state index in [0.29, 0.717) is 12.0 Å². The molecule has 188 valence electrons. The molecule has 35 heavy (non-hydrogen) atoms. The van der Waals surface area contributed by atoms with Crippen LogP contribution in [0.5, 0.6) is 0 Å². The van der Waals surface area contributed by atoms with E-state index in [1.165, 1.54) is 6.20 Å². The van der Waals surface area contributed by atoms with Crippen LogP contribution < -0.4 is 16.0 Å². The third-order valence-corrected chi connectivity index (χ3v) is 5.24. The number of carbonyl (C=O) groups is 4. The van der Waals surface area contributed by atoms with Crippen molar-refractivity contribution in [1.82, 2.24) is 20.9 Å². The maximum absolute atomic E-state index is 13.3. The average Bonchev–Trinajstić information content (AvgIpc) is 2.77. The van der Waals surface area contributed by atoms with Gasteiger partial charge in [-0.15, -0.1) is 0 Å². The molecule has 0 saturated heterocycles. The summed E-state index contributed by atoms with van der Waals surface area (Å²) in [5.41, 5.74) is 1.29. The first-order chi connectivity index (χ1) is 16.4. The lowest BCUT2D eigenvalue weighted by molar-refractivity contribution is -0.141. The van der Waals surface area contributed by atoms with Gasteiger partial charge in [-0.05, 0) is 57.2 Å².